The van der Waals surface area contributed by atoms with Crippen molar-refractivity contribution in [1.82, 2.24) is 4.98 Å². The van der Waals surface area contributed by atoms with Crippen molar-refractivity contribution in [2.24, 2.45) is 0 Å². The largest absolute Gasteiger partial charge is 0.493 e. The number of nitrogens with zero attached hydrogens (tertiary/aromatic N) is 1. The van der Waals surface area contributed by atoms with Crippen LogP contribution in [-0.4, -0.2) is 25.3 Å². The minimum Gasteiger partial charge on any atom is -0.493 e. The third-order valence-electron chi connectivity index (χ3n) is 2.85. The second-order valence-electron chi connectivity index (χ2n) is 4.47. The highest BCUT2D eigenvalue weighted by molar-refractivity contribution is 7.13. The number of alkyl halides is 3. The monoisotopic (exact) mass is 332 g/mol. The predicted molar refractivity (Wildman–Crippen MR) is 79.0 cm³/mol. The van der Waals surface area contributed by atoms with Crippen molar-refractivity contribution >= 4 is 16.5 Å². The van der Waals surface area contributed by atoms with Gasteiger partial charge in [-0.1, -0.05) is 0 Å². The number of methoxy groups -OCH3 is 1. The predicted octanol–water partition coefficient (Wildman–Crippen LogP) is 3.83. The Kier molecular flexibility index (Phi) is 5.25. The van der Waals surface area contributed by atoms with Crippen molar-refractivity contribution < 1.29 is 22.6 Å². The van der Waals surface area contributed by atoms with E-state index in [1.165, 1.54) is 30.6 Å². The maximum Gasteiger partial charge on any atom is 0.419 e. The maximum absolute atomic E-state index is 13.2. The molecular weight excluding hydrogens is 317 g/mol. The van der Waals surface area contributed by atoms with Crippen LogP contribution in [0.25, 0.3) is 11.3 Å². The summed E-state index contributed by atoms with van der Waals surface area (Å²) in [5.41, 5.74) is 5.45. The molecule has 0 unspecified atom stereocenters. The first-order valence-electron chi connectivity index (χ1n) is 6.46. The lowest BCUT2D eigenvalue weighted by Crippen LogP contribution is -2.10. The highest BCUT2D eigenvalue weighted by Crippen LogP contribution is 2.39. The molecule has 120 valence electrons. The molecule has 0 atom stereocenters. The van der Waals surface area contributed by atoms with E-state index in [1.807, 2.05) is 0 Å². The van der Waals surface area contributed by atoms with Gasteiger partial charge in [0.1, 0.15) is 5.75 Å². The molecule has 1 heterocycles. The number of hydrogen-bond donors (Lipinski definition) is 1. The van der Waals surface area contributed by atoms with Crippen molar-refractivity contribution in [2.45, 2.75) is 12.6 Å². The van der Waals surface area contributed by atoms with Crippen molar-refractivity contribution in [1.29, 1.82) is 0 Å². The van der Waals surface area contributed by atoms with E-state index in [1.54, 1.807) is 5.38 Å². The molecule has 2 N–H and O–H groups in total. The van der Waals surface area contributed by atoms with E-state index in [2.05, 4.69) is 4.98 Å². The van der Waals surface area contributed by atoms with Gasteiger partial charge in [0.25, 0.3) is 0 Å². The van der Waals surface area contributed by atoms with Gasteiger partial charge in [-0.05, 0) is 18.2 Å². The summed E-state index contributed by atoms with van der Waals surface area (Å²) in [5, 5.41) is 1.92. The van der Waals surface area contributed by atoms with Crippen LogP contribution in [0.5, 0.6) is 5.75 Å². The molecule has 2 rings (SSSR count). The van der Waals surface area contributed by atoms with Crippen LogP contribution in [-0.2, 0) is 10.9 Å². The van der Waals surface area contributed by atoms with Crippen LogP contribution in [0.4, 0.5) is 18.3 Å². The Bertz CT molecular complexity index is 629. The van der Waals surface area contributed by atoms with E-state index in [4.69, 9.17) is 15.2 Å². The highest BCUT2D eigenvalue weighted by Gasteiger charge is 2.35. The second kappa shape index (κ2) is 6.97. The Balaban J connectivity index is 2.27. The maximum atomic E-state index is 13.2. The fraction of sp³-hybridized carbons (Fsp3) is 0.357. The molecule has 0 aliphatic carbocycles. The Morgan fingerprint density at radius 1 is 1.27 bits per heavy atom. The van der Waals surface area contributed by atoms with E-state index in [0.29, 0.717) is 29.4 Å². The smallest absolute Gasteiger partial charge is 0.419 e. The minimum absolute atomic E-state index is 0.153. The molecule has 0 bridgehead atoms. The molecule has 22 heavy (non-hydrogen) atoms. The zero-order valence-corrected chi connectivity index (χ0v) is 12.6. The quantitative estimate of drug-likeness (QED) is 0.817. The second-order valence-corrected chi connectivity index (χ2v) is 5.36. The summed E-state index contributed by atoms with van der Waals surface area (Å²) in [5.74, 6) is -0.199. The molecule has 0 amide bonds. The first-order chi connectivity index (χ1) is 10.4. The van der Waals surface area contributed by atoms with Crippen LogP contribution >= 0.6 is 11.3 Å². The fourth-order valence-corrected chi connectivity index (χ4v) is 2.41. The number of benzene rings is 1. The number of nitrogen functional groups attached to an aromatic ring is 1. The molecule has 0 saturated heterocycles. The number of ether oxygens (including phenoxy) is 2. The van der Waals surface area contributed by atoms with E-state index in [-0.39, 0.29) is 12.4 Å². The average Bonchev–Trinajstić information content (AvgIpc) is 2.89. The number of hydrogen-bond acceptors (Lipinski definition) is 5. The van der Waals surface area contributed by atoms with E-state index < -0.39 is 11.7 Å². The summed E-state index contributed by atoms with van der Waals surface area (Å²) in [6.07, 6.45) is -3.99. The van der Waals surface area contributed by atoms with Crippen molar-refractivity contribution in [3.8, 4) is 17.0 Å². The Labute approximate surface area is 129 Å². The lowest BCUT2D eigenvalue weighted by atomic mass is 10.1. The molecule has 8 heteroatoms. The molecule has 0 spiro atoms. The van der Waals surface area contributed by atoms with Gasteiger partial charge < -0.3 is 15.2 Å². The summed E-state index contributed by atoms with van der Waals surface area (Å²) in [6.45, 7) is 0.581. The normalized spacial score (nSPS) is 11.6. The van der Waals surface area contributed by atoms with Gasteiger partial charge in [-0.3, -0.25) is 0 Å². The SMILES string of the molecule is COCCCOc1ccc(-c2csc(N)n2)cc1C(F)(F)F. The Hall–Kier alpha value is -1.80. The number of halogens is 3. The van der Waals surface area contributed by atoms with Crippen LogP contribution < -0.4 is 10.5 Å². The zero-order chi connectivity index (χ0) is 16.2. The molecule has 0 aliphatic rings. The number of nitrogens with two attached hydrogens (primary N) is 1. The van der Waals surface area contributed by atoms with Crippen molar-refractivity contribution in [2.75, 3.05) is 26.1 Å². The summed E-state index contributed by atoms with van der Waals surface area (Å²) >= 11 is 1.18. The summed E-state index contributed by atoms with van der Waals surface area (Å²) in [7, 11) is 1.52. The van der Waals surface area contributed by atoms with Gasteiger partial charge in [0.05, 0.1) is 17.9 Å². The average molecular weight is 332 g/mol. The molecule has 0 radical (unpaired) electrons. The topological polar surface area (TPSA) is 57.4 Å². The van der Waals surface area contributed by atoms with Gasteiger partial charge in [-0.2, -0.15) is 13.2 Å². The Morgan fingerprint density at radius 3 is 2.64 bits per heavy atom. The first-order valence-corrected chi connectivity index (χ1v) is 7.34. The summed E-state index contributed by atoms with van der Waals surface area (Å²) in [4.78, 5) is 3.99. The van der Waals surface area contributed by atoms with Gasteiger partial charge in [0.2, 0.25) is 0 Å². The molecule has 0 saturated carbocycles. The van der Waals surface area contributed by atoms with Gasteiger partial charge in [-0.25, -0.2) is 4.98 Å². The molecular formula is C14H15F3N2O2S. The number of thiazole rings is 1. The van der Waals surface area contributed by atoms with Gasteiger partial charge in [0.15, 0.2) is 5.13 Å². The third kappa shape index (κ3) is 4.11. The number of anilines is 1. The van der Waals surface area contributed by atoms with Crippen LogP contribution in [0.2, 0.25) is 0 Å². The molecule has 4 nitrogen and oxygen atoms in total. The molecule has 2 aromatic rings. The van der Waals surface area contributed by atoms with E-state index >= 15 is 0 Å². The highest BCUT2D eigenvalue weighted by atomic mass is 32.1. The van der Waals surface area contributed by atoms with E-state index in [0.717, 1.165) is 6.07 Å². The third-order valence-corrected chi connectivity index (χ3v) is 3.53. The first kappa shape index (κ1) is 16.6. The fourth-order valence-electron chi connectivity index (χ4n) is 1.84. The molecule has 1 aromatic carbocycles. The molecule has 0 aliphatic heterocycles. The molecule has 0 fully saturated rings. The zero-order valence-electron chi connectivity index (χ0n) is 11.8. The summed E-state index contributed by atoms with van der Waals surface area (Å²) in [6, 6.07) is 3.87. The van der Waals surface area contributed by atoms with Crippen LogP contribution in [0, 0.1) is 0 Å². The van der Waals surface area contributed by atoms with Crippen LogP contribution in [0.15, 0.2) is 23.6 Å². The lowest BCUT2D eigenvalue weighted by Gasteiger charge is -2.15. The van der Waals surface area contributed by atoms with Gasteiger partial charge in [-0.15, -0.1) is 11.3 Å². The van der Waals surface area contributed by atoms with Crippen LogP contribution in [0.1, 0.15) is 12.0 Å². The number of rotatable bonds is 6. The van der Waals surface area contributed by atoms with Crippen molar-refractivity contribution in [3.63, 3.8) is 0 Å². The standard InChI is InChI=1S/C14H15F3N2O2S/c1-20-5-2-6-21-12-4-3-9(7-10(12)14(15,16)17)11-8-22-13(18)19-11/h3-4,7-8H,2,5-6H2,1H3,(H2,18,19). The van der Waals surface area contributed by atoms with Crippen LogP contribution in [0.3, 0.4) is 0 Å². The summed E-state index contributed by atoms with van der Waals surface area (Å²) < 4.78 is 49.6. The Morgan fingerprint density at radius 2 is 2.05 bits per heavy atom. The van der Waals surface area contributed by atoms with Gasteiger partial charge in [0, 0.05) is 31.1 Å². The van der Waals surface area contributed by atoms with Crippen molar-refractivity contribution in [3.05, 3.63) is 29.1 Å². The van der Waals surface area contributed by atoms with Gasteiger partial charge >= 0.3 is 6.18 Å². The number of aromatic nitrogens is 1. The minimum atomic E-state index is -4.51. The lowest BCUT2D eigenvalue weighted by molar-refractivity contribution is -0.138. The molecule has 1 aromatic heterocycles. The van der Waals surface area contributed by atoms with E-state index in [9.17, 15) is 13.2 Å².